The molecule has 0 aromatic heterocycles. The fourth-order valence-corrected chi connectivity index (χ4v) is 1.38. The van der Waals surface area contributed by atoms with Crippen molar-refractivity contribution in [3.8, 4) is 5.75 Å². The zero-order chi connectivity index (χ0) is 11.4. The van der Waals surface area contributed by atoms with Crippen LogP contribution in [0.4, 0.5) is 0 Å². The van der Waals surface area contributed by atoms with Gasteiger partial charge >= 0.3 is 0 Å². The lowest BCUT2D eigenvalue weighted by Crippen LogP contribution is -2.11. The van der Waals surface area contributed by atoms with Crippen molar-refractivity contribution in [2.24, 2.45) is 5.73 Å². The monoisotopic (exact) mass is 205 g/mol. The lowest BCUT2D eigenvalue weighted by molar-refractivity contribution is 0.345. The molecule has 0 radical (unpaired) electrons. The van der Waals surface area contributed by atoms with Crippen molar-refractivity contribution in [3.63, 3.8) is 0 Å². The first-order chi connectivity index (χ1) is 7.06. The summed E-state index contributed by atoms with van der Waals surface area (Å²) >= 11 is 0. The van der Waals surface area contributed by atoms with Crippen molar-refractivity contribution in [1.29, 1.82) is 0 Å². The Morgan fingerprint density at radius 1 is 1.27 bits per heavy atom. The summed E-state index contributed by atoms with van der Waals surface area (Å²) in [6.07, 6.45) is 0. The maximum Gasteiger partial charge on any atom is 0.125 e. The number of aryl methyl sites for hydroxylation is 2. The van der Waals surface area contributed by atoms with Gasteiger partial charge in [0.1, 0.15) is 12.4 Å². The van der Waals surface area contributed by atoms with Gasteiger partial charge in [-0.2, -0.15) is 0 Å². The topological polar surface area (TPSA) is 35.2 Å². The highest BCUT2D eigenvalue weighted by Gasteiger charge is 2.06. The van der Waals surface area contributed by atoms with E-state index in [0.29, 0.717) is 13.2 Å². The predicted octanol–water partition coefficient (Wildman–Crippen LogP) is 2.51. The summed E-state index contributed by atoms with van der Waals surface area (Å²) in [7, 11) is 0. The van der Waals surface area contributed by atoms with E-state index in [1.165, 1.54) is 11.1 Å². The molecule has 1 aromatic carbocycles. The molecule has 82 valence electrons. The second kappa shape index (κ2) is 4.99. The van der Waals surface area contributed by atoms with Gasteiger partial charge in [-0.05, 0) is 43.0 Å². The lowest BCUT2D eigenvalue weighted by atomic mass is 10.1. The van der Waals surface area contributed by atoms with Crippen LogP contribution in [0.15, 0.2) is 24.3 Å². The minimum Gasteiger partial charge on any atom is -0.489 e. The highest BCUT2D eigenvalue weighted by Crippen LogP contribution is 2.25. The molecule has 0 spiro atoms. The molecule has 0 bridgehead atoms. The highest BCUT2D eigenvalue weighted by atomic mass is 16.5. The van der Waals surface area contributed by atoms with Crippen LogP contribution in [0.25, 0.3) is 0 Å². The Bertz CT molecular complexity index is 369. The molecule has 1 aromatic rings. The van der Waals surface area contributed by atoms with Gasteiger partial charge in [-0.1, -0.05) is 18.7 Å². The Morgan fingerprint density at radius 3 is 2.47 bits per heavy atom. The third-order valence-corrected chi connectivity index (χ3v) is 2.58. The largest absolute Gasteiger partial charge is 0.489 e. The van der Waals surface area contributed by atoms with Gasteiger partial charge in [-0.25, -0.2) is 0 Å². The van der Waals surface area contributed by atoms with E-state index < -0.39 is 0 Å². The Morgan fingerprint density at radius 2 is 1.87 bits per heavy atom. The van der Waals surface area contributed by atoms with E-state index in [9.17, 15) is 0 Å². The second-order valence-corrected chi connectivity index (χ2v) is 3.90. The molecule has 2 heteroatoms. The van der Waals surface area contributed by atoms with E-state index >= 15 is 0 Å². The SMILES string of the molecule is C=C(CN)COc1c(C)ccc(C)c1C. The number of hydrogen-bond donors (Lipinski definition) is 1. The molecular formula is C13H19NO. The quantitative estimate of drug-likeness (QED) is 0.766. The first kappa shape index (κ1) is 11.8. The Hall–Kier alpha value is -1.28. The summed E-state index contributed by atoms with van der Waals surface area (Å²) in [5, 5.41) is 0. The molecule has 0 amide bonds. The van der Waals surface area contributed by atoms with E-state index in [0.717, 1.165) is 16.9 Å². The summed E-state index contributed by atoms with van der Waals surface area (Å²) in [6, 6.07) is 4.18. The minimum atomic E-state index is 0.476. The van der Waals surface area contributed by atoms with Crippen molar-refractivity contribution < 1.29 is 4.74 Å². The number of ether oxygens (including phenoxy) is 1. The van der Waals surface area contributed by atoms with E-state index in [-0.39, 0.29) is 0 Å². The Kier molecular flexibility index (Phi) is 3.92. The smallest absolute Gasteiger partial charge is 0.125 e. The average Bonchev–Trinajstić information content (AvgIpc) is 2.23. The molecule has 0 fully saturated rings. The summed E-state index contributed by atoms with van der Waals surface area (Å²) in [4.78, 5) is 0. The zero-order valence-corrected chi connectivity index (χ0v) is 9.76. The normalized spacial score (nSPS) is 10.1. The number of hydrogen-bond acceptors (Lipinski definition) is 2. The average molecular weight is 205 g/mol. The number of benzene rings is 1. The molecule has 0 atom stereocenters. The van der Waals surface area contributed by atoms with Gasteiger partial charge in [0.25, 0.3) is 0 Å². The van der Waals surface area contributed by atoms with Crippen LogP contribution in [-0.2, 0) is 0 Å². The number of rotatable bonds is 4. The fourth-order valence-electron chi connectivity index (χ4n) is 1.38. The van der Waals surface area contributed by atoms with E-state index in [1.54, 1.807) is 0 Å². The van der Waals surface area contributed by atoms with Gasteiger partial charge in [0.15, 0.2) is 0 Å². The van der Waals surface area contributed by atoms with Crippen LogP contribution in [0.2, 0.25) is 0 Å². The number of nitrogens with two attached hydrogens (primary N) is 1. The summed E-state index contributed by atoms with van der Waals surface area (Å²) in [5.74, 6) is 0.963. The van der Waals surface area contributed by atoms with Crippen LogP contribution >= 0.6 is 0 Å². The van der Waals surface area contributed by atoms with Crippen molar-refractivity contribution in [1.82, 2.24) is 0 Å². The molecule has 0 aliphatic carbocycles. The van der Waals surface area contributed by atoms with Gasteiger partial charge in [-0.3, -0.25) is 0 Å². The molecule has 0 unspecified atom stereocenters. The molecule has 15 heavy (non-hydrogen) atoms. The summed E-state index contributed by atoms with van der Waals surface area (Å²) < 4.78 is 5.72. The van der Waals surface area contributed by atoms with Crippen LogP contribution in [-0.4, -0.2) is 13.2 Å². The molecule has 1 rings (SSSR count). The maximum atomic E-state index is 5.72. The van der Waals surface area contributed by atoms with Crippen LogP contribution < -0.4 is 10.5 Å². The van der Waals surface area contributed by atoms with Gasteiger partial charge in [0.05, 0.1) is 0 Å². The van der Waals surface area contributed by atoms with Crippen molar-refractivity contribution in [3.05, 3.63) is 41.0 Å². The van der Waals surface area contributed by atoms with Crippen molar-refractivity contribution in [2.45, 2.75) is 20.8 Å². The van der Waals surface area contributed by atoms with Crippen molar-refractivity contribution in [2.75, 3.05) is 13.2 Å². The van der Waals surface area contributed by atoms with Crippen molar-refractivity contribution >= 4 is 0 Å². The third-order valence-electron chi connectivity index (χ3n) is 2.58. The minimum absolute atomic E-state index is 0.476. The molecule has 0 heterocycles. The summed E-state index contributed by atoms with van der Waals surface area (Å²) in [5.41, 5.74) is 9.97. The van der Waals surface area contributed by atoms with Gasteiger partial charge in [0.2, 0.25) is 0 Å². The van der Waals surface area contributed by atoms with Crippen LogP contribution in [0.5, 0.6) is 5.75 Å². The molecule has 0 saturated heterocycles. The van der Waals surface area contributed by atoms with Crippen LogP contribution in [0.1, 0.15) is 16.7 Å². The predicted molar refractivity (Wildman–Crippen MR) is 64.3 cm³/mol. The van der Waals surface area contributed by atoms with Gasteiger partial charge in [0, 0.05) is 6.54 Å². The van der Waals surface area contributed by atoms with E-state index in [4.69, 9.17) is 10.5 Å². The third kappa shape index (κ3) is 2.83. The zero-order valence-electron chi connectivity index (χ0n) is 9.76. The van der Waals surface area contributed by atoms with E-state index in [1.807, 2.05) is 6.92 Å². The first-order valence-corrected chi connectivity index (χ1v) is 5.12. The molecule has 0 saturated carbocycles. The Balaban J connectivity index is 2.84. The highest BCUT2D eigenvalue weighted by molar-refractivity contribution is 5.44. The lowest BCUT2D eigenvalue weighted by Gasteiger charge is -2.14. The van der Waals surface area contributed by atoms with Gasteiger partial charge < -0.3 is 10.5 Å². The molecule has 2 N–H and O–H groups in total. The summed E-state index contributed by atoms with van der Waals surface area (Å²) in [6.45, 7) is 11.0. The Labute approximate surface area is 91.7 Å². The van der Waals surface area contributed by atoms with E-state index in [2.05, 4.69) is 32.6 Å². The van der Waals surface area contributed by atoms with Gasteiger partial charge in [-0.15, -0.1) is 0 Å². The molecule has 0 aliphatic rings. The standard InChI is InChI=1S/C13H19NO/c1-9(7-14)8-15-13-11(3)6-5-10(2)12(13)4/h5-6H,1,7-8,14H2,2-4H3. The first-order valence-electron chi connectivity index (χ1n) is 5.12. The molecule has 0 aliphatic heterocycles. The maximum absolute atomic E-state index is 5.72. The van der Waals surface area contributed by atoms with Crippen LogP contribution in [0, 0.1) is 20.8 Å². The van der Waals surface area contributed by atoms with Crippen LogP contribution in [0.3, 0.4) is 0 Å². The molecular weight excluding hydrogens is 186 g/mol. The fraction of sp³-hybridized carbons (Fsp3) is 0.385. The second-order valence-electron chi connectivity index (χ2n) is 3.90. The molecule has 2 nitrogen and oxygen atoms in total.